The van der Waals surface area contributed by atoms with Crippen LogP contribution in [0.3, 0.4) is 0 Å². The molecule has 4 aliphatic carbocycles. The van der Waals surface area contributed by atoms with Gasteiger partial charge in [0.15, 0.2) is 5.96 Å². The van der Waals surface area contributed by atoms with Gasteiger partial charge in [0.25, 0.3) is 0 Å². The molecule has 6 aliphatic rings. The van der Waals surface area contributed by atoms with Crippen LogP contribution < -0.4 is 31.8 Å². The second-order valence-electron chi connectivity index (χ2n) is 17.2. The van der Waals surface area contributed by atoms with Crippen LogP contribution in [0.1, 0.15) is 123 Å². The highest BCUT2D eigenvalue weighted by Crippen LogP contribution is 2.65. The molecule has 7 atom stereocenters. The van der Waals surface area contributed by atoms with Gasteiger partial charge in [0.1, 0.15) is 45.5 Å². The predicted octanol–water partition coefficient (Wildman–Crippen LogP) is 5.58. The molecule has 1 aromatic heterocycles. The highest BCUT2D eigenvalue weighted by molar-refractivity contribution is 8.76. The van der Waals surface area contributed by atoms with Crippen molar-refractivity contribution < 1.29 is 39.5 Å². The average Bonchev–Trinajstić information content (AvgIpc) is 3.99. The highest BCUT2D eigenvalue weighted by atomic mass is 33.1. The van der Waals surface area contributed by atoms with Crippen molar-refractivity contribution in [3.63, 3.8) is 0 Å². The van der Waals surface area contributed by atoms with E-state index in [4.69, 9.17) is 30.4 Å². The zero-order valence-electron chi connectivity index (χ0n) is 32.0. The largest absolute Gasteiger partial charge is 0.489 e. The van der Waals surface area contributed by atoms with E-state index in [9.17, 15) is 25.6 Å². The summed E-state index contributed by atoms with van der Waals surface area (Å²) >= 11 is 0. The summed E-state index contributed by atoms with van der Waals surface area (Å²) in [5.41, 5.74) is 11.0. The number of nitrogens with two attached hydrogens (primary N) is 2. The number of hydrogen-bond acceptors (Lipinski definition) is 13. The van der Waals surface area contributed by atoms with Gasteiger partial charge in [-0.15, -0.1) is 0 Å². The van der Waals surface area contributed by atoms with Crippen LogP contribution in [-0.4, -0.2) is 73.9 Å². The van der Waals surface area contributed by atoms with Gasteiger partial charge in [0, 0.05) is 28.6 Å². The lowest BCUT2D eigenvalue weighted by Crippen LogP contribution is -2.62. The number of ether oxygens (including phenoxy) is 2. The second-order valence-corrected chi connectivity index (χ2v) is 19.7. The first-order chi connectivity index (χ1) is 27.4. The normalized spacial score (nSPS) is 32.8. The SMILES string of the molecule is C[C@@]1(O)CCC[C@H]2c3c(c4c5oc6c(c(=O)c5c3OC3CCCC3)[C@@H](c3ccc(NO)cc3)C=C[C@]6(O)C3(CCCC3)[C@](CO)(N=C(N)N)CSS[C@@H]4CO)O[C@@H]21. The number of hydrogen-bond donors (Lipinski definition) is 8. The average molecular weight is 821 g/mol. The molecule has 1 spiro atoms. The van der Waals surface area contributed by atoms with Crippen molar-refractivity contribution in [2.75, 3.05) is 24.4 Å². The summed E-state index contributed by atoms with van der Waals surface area (Å²) in [6, 6.07) is 7.03. The number of benzene rings is 2. The molecule has 2 aromatic carbocycles. The van der Waals surface area contributed by atoms with Crippen LogP contribution in [0, 0.1) is 5.41 Å². The van der Waals surface area contributed by atoms with Gasteiger partial charge in [0.05, 0.1) is 47.0 Å². The van der Waals surface area contributed by atoms with Gasteiger partial charge in [-0.1, -0.05) is 52.6 Å². The number of anilines is 1. The molecule has 13 nitrogen and oxygen atoms in total. The number of rotatable bonds is 7. The molecule has 57 heavy (non-hydrogen) atoms. The minimum atomic E-state index is -2.00. The molecule has 3 saturated carbocycles. The fourth-order valence-corrected chi connectivity index (χ4v) is 14.2. The zero-order chi connectivity index (χ0) is 39.9. The molecule has 3 aromatic rings. The number of aliphatic hydroxyl groups is 4. The summed E-state index contributed by atoms with van der Waals surface area (Å²) in [6.45, 7) is 0.913. The Balaban J connectivity index is 1.43. The maximum atomic E-state index is 16.0. The Labute approximate surface area is 338 Å². The Morgan fingerprint density at radius 3 is 2.40 bits per heavy atom. The standard InChI is InChI=1S/C42H52N4O9S2/c1-39(50)15-6-9-26-29-33(54-36(26)39)30-27(19-47)57-56-21-41(20-48,45-38(43)44)40(16-4-5-17-40)42(51)18-14-25(22-10-12-23(46-52)13-11-22)28-32(49)31(35(30)55-37(28)42)34(29)53-24-7-2-3-8-24/h10-14,18,24-27,36,46-48,50-52H,2-9,15-17,19-21H2,1H3,(H4,43,44,45)/t25-,26+,27-,36+,39-,41-,42-/m1/s1. The van der Waals surface area contributed by atoms with Crippen molar-refractivity contribution in [2.24, 2.45) is 21.9 Å². The molecule has 3 heterocycles. The third kappa shape index (κ3) is 5.77. The number of fused-ring (bicyclic) bond motifs is 5. The summed E-state index contributed by atoms with van der Waals surface area (Å²) in [5.74, 6) is -0.231. The van der Waals surface area contributed by atoms with Crippen LogP contribution in [0.25, 0.3) is 11.0 Å². The smallest absolute Gasteiger partial charge is 0.201 e. The molecule has 0 saturated heterocycles. The van der Waals surface area contributed by atoms with Gasteiger partial charge in [0.2, 0.25) is 5.43 Å². The van der Waals surface area contributed by atoms with E-state index < -0.39 is 46.0 Å². The summed E-state index contributed by atoms with van der Waals surface area (Å²) < 4.78 is 21.1. The summed E-state index contributed by atoms with van der Waals surface area (Å²) in [7, 11) is 2.72. The lowest BCUT2D eigenvalue weighted by Gasteiger charge is -2.54. The number of aliphatic imine (C=N–C) groups is 1. The van der Waals surface area contributed by atoms with Crippen molar-refractivity contribution in [2.45, 2.75) is 124 Å². The first kappa shape index (κ1) is 39.0. The van der Waals surface area contributed by atoms with Gasteiger partial charge < -0.3 is 45.8 Å². The maximum absolute atomic E-state index is 16.0. The molecule has 0 radical (unpaired) electrons. The Hall–Kier alpha value is -3.44. The van der Waals surface area contributed by atoms with E-state index in [1.165, 1.54) is 21.6 Å². The molecule has 10 N–H and O–H groups in total. The van der Waals surface area contributed by atoms with Crippen molar-refractivity contribution in [1.29, 1.82) is 0 Å². The molecular weight excluding hydrogens is 769 g/mol. The molecule has 15 heteroatoms. The van der Waals surface area contributed by atoms with E-state index in [1.54, 1.807) is 25.1 Å². The first-order valence-electron chi connectivity index (χ1n) is 20.2. The van der Waals surface area contributed by atoms with Crippen LogP contribution in [0.5, 0.6) is 11.5 Å². The van der Waals surface area contributed by atoms with E-state index in [1.807, 2.05) is 18.2 Å². The quantitative estimate of drug-likeness (QED) is 0.0479. The van der Waals surface area contributed by atoms with Crippen LogP contribution in [0.15, 0.2) is 50.6 Å². The molecule has 3 fully saturated rings. The van der Waals surface area contributed by atoms with Gasteiger partial charge in [-0.3, -0.25) is 15.5 Å². The summed E-state index contributed by atoms with van der Waals surface area (Å²) in [6.07, 6.45) is 10.6. The number of nitrogens with zero attached hydrogens (tertiary/aromatic N) is 1. The van der Waals surface area contributed by atoms with E-state index in [0.29, 0.717) is 66.8 Å². The lowest BCUT2D eigenvalue weighted by molar-refractivity contribution is -0.114. The molecule has 9 rings (SSSR count). The van der Waals surface area contributed by atoms with E-state index >= 15 is 4.79 Å². The van der Waals surface area contributed by atoms with Gasteiger partial charge in [-0.2, -0.15) is 0 Å². The van der Waals surface area contributed by atoms with Crippen molar-refractivity contribution in [1.82, 2.24) is 0 Å². The van der Waals surface area contributed by atoms with Gasteiger partial charge >= 0.3 is 0 Å². The van der Waals surface area contributed by atoms with Crippen LogP contribution >= 0.6 is 21.6 Å². The van der Waals surface area contributed by atoms with Gasteiger partial charge in [-0.05, 0) is 88.5 Å². The molecular formula is C42H52N4O9S2. The number of guanidine groups is 1. The molecule has 2 bridgehead atoms. The second kappa shape index (κ2) is 14.4. The number of nitrogens with one attached hydrogen (secondary N) is 1. The van der Waals surface area contributed by atoms with E-state index in [-0.39, 0.29) is 58.1 Å². The van der Waals surface area contributed by atoms with Gasteiger partial charge in [-0.25, -0.2) is 4.99 Å². The molecule has 2 aliphatic heterocycles. The Kier molecular flexibility index (Phi) is 9.85. The predicted molar refractivity (Wildman–Crippen MR) is 220 cm³/mol. The van der Waals surface area contributed by atoms with E-state index in [0.717, 1.165) is 37.7 Å². The van der Waals surface area contributed by atoms with Crippen LogP contribution in [0.4, 0.5) is 5.69 Å². The topological polar surface area (TPSA) is 226 Å². The van der Waals surface area contributed by atoms with Crippen molar-refractivity contribution in [3.05, 3.63) is 74.7 Å². The third-order valence-corrected chi connectivity index (χ3v) is 16.8. The fourth-order valence-electron chi connectivity index (χ4n) is 11.2. The maximum Gasteiger partial charge on any atom is 0.201 e. The fraction of sp³-hybridized carbons (Fsp3) is 0.571. The van der Waals surface area contributed by atoms with Crippen molar-refractivity contribution in [3.8, 4) is 11.5 Å². The Bertz CT molecular complexity index is 2180. The summed E-state index contributed by atoms with van der Waals surface area (Å²) in [5, 5.41) is 57.4. The van der Waals surface area contributed by atoms with E-state index in [2.05, 4.69) is 5.48 Å². The lowest BCUT2D eigenvalue weighted by atomic mass is 9.56. The number of allylic oxidation sites excluding steroid dienone is 1. The monoisotopic (exact) mass is 820 g/mol. The first-order valence-corrected chi connectivity index (χ1v) is 22.6. The van der Waals surface area contributed by atoms with Crippen LogP contribution in [0.2, 0.25) is 0 Å². The highest BCUT2D eigenvalue weighted by Gasteiger charge is 2.66. The molecule has 0 amide bonds. The minimum Gasteiger partial charge on any atom is -0.489 e. The van der Waals surface area contributed by atoms with Crippen LogP contribution in [-0.2, 0) is 5.60 Å². The number of aliphatic hydroxyl groups excluding tert-OH is 2. The molecule has 0 unspecified atom stereocenters. The Morgan fingerprint density at radius 1 is 1.00 bits per heavy atom. The molecule has 306 valence electrons. The zero-order valence-corrected chi connectivity index (χ0v) is 33.7. The Morgan fingerprint density at radius 2 is 1.74 bits per heavy atom. The third-order valence-electron chi connectivity index (χ3n) is 14.0. The minimum absolute atomic E-state index is 0.0198. The summed E-state index contributed by atoms with van der Waals surface area (Å²) in [4.78, 5) is 20.8. The van der Waals surface area contributed by atoms with Crippen molar-refractivity contribution >= 4 is 44.2 Å².